The highest BCUT2D eigenvalue weighted by molar-refractivity contribution is 9.10. The molecule has 8 heteroatoms. The Bertz CT molecular complexity index is 945. The van der Waals surface area contributed by atoms with E-state index in [0.29, 0.717) is 16.9 Å². The largest absolute Gasteiger partial charge is 0.326 e. The highest BCUT2D eigenvalue weighted by atomic mass is 79.9. The topological polar surface area (TPSA) is 92.6 Å². The zero-order valence-electron chi connectivity index (χ0n) is 14.9. The van der Waals surface area contributed by atoms with Gasteiger partial charge in [-0.25, -0.2) is 0 Å². The van der Waals surface area contributed by atoms with E-state index in [0.717, 1.165) is 10.0 Å². The molecule has 140 valence electrons. The Morgan fingerprint density at radius 2 is 1.96 bits per heavy atom. The lowest BCUT2D eigenvalue weighted by Gasteiger charge is -2.17. The molecule has 1 fully saturated rings. The summed E-state index contributed by atoms with van der Waals surface area (Å²) in [6.07, 6.45) is 0.0725. The number of nitro benzene ring substituents is 1. The fraction of sp³-hybridized carbons (Fsp3) is 0.263. The van der Waals surface area contributed by atoms with Gasteiger partial charge in [-0.15, -0.1) is 0 Å². The molecule has 1 N–H and O–H groups in total. The van der Waals surface area contributed by atoms with Crippen LogP contribution >= 0.6 is 15.9 Å². The molecule has 0 radical (unpaired) electrons. The van der Waals surface area contributed by atoms with Crippen molar-refractivity contribution in [2.24, 2.45) is 5.92 Å². The summed E-state index contributed by atoms with van der Waals surface area (Å²) in [5, 5.41) is 14.0. The van der Waals surface area contributed by atoms with Crippen molar-refractivity contribution < 1.29 is 14.5 Å². The van der Waals surface area contributed by atoms with E-state index in [2.05, 4.69) is 21.2 Å². The summed E-state index contributed by atoms with van der Waals surface area (Å²) in [5.41, 5.74) is 2.52. The van der Waals surface area contributed by atoms with Crippen molar-refractivity contribution >= 4 is 44.8 Å². The van der Waals surface area contributed by atoms with Gasteiger partial charge in [-0.3, -0.25) is 19.7 Å². The van der Waals surface area contributed by atoms with Crippen LogP contribution in [0.4, 0.5) is 17.1 Å². The zero-order chi connectivity index (χ0) is 19.7. The van der Waals surface area contributed by atoms with Gasteiger partial charge in [-0.1, -0.05) is 22.0 Å². The van der Waals surface area contributed by atoms with E-state index in [1.165, 1.54) is 11.0 Å². The van der Waals surface area contributed by atoms with Crippen molar-refractivity contribution in [3.05, 3.63) is 62.1 Å². The molecule has 1 aliphatic rings. The Morgan fingerprint density at radius 1 is 1.22 bits per heavy atom. The van der Waals surface area contributed by atoms with Gasteiger partial charge in [-0.2, -0.15) is 0 Å². The molecule has 7 nitrogen and oxygen atoms in total. The number of nitro groups is 1. The van der Waals surface area contributed by atoms with Crippen molar-refractivity contribution in [1.29, 1.82) is 0 Å². The van der Waals surface area contributed by atoms with Crippen molar-refractivity contribution in [2.45, 2.75) is 20.3 Å². The van der Waals surface area contributed by atoms with E-state index in [1.807, 2.05) is 19.1 Å². The molecule has 0 aromatic heterocycles. The van der Waals surface area contributed by atoms with Crippen LogP contribution < -0.4 is 10.2 Å². The number of hydrogen-bond donors (Lipinski definition) is 1. The van der Waals surface area contributed by atoms with Gasteiger partial charge in [0.1, 0.15) is 0 Å². The average Bonchev–Trinajstić information content (AvgIpc) is 2.99. The van der Waals surface area contributed by atoms with Crippen LogP contribution in [0.15, 0.2) is 40.9 Å². The van der Waals surface area contributed by atoms with Crippen LogP contribution in [0, 0.1) is 29.9 Å². The van der Waals surface area contributed by atoms with E-state index < -0.39 is 10.8 Å². The number of nitrogens with zero attached hydrogens (tertiary/aromatic N) is 2. The van der Waals surface area contributed by atoms with Gasteiger partial charge >= 0.3 is 0 Å². The van der Waals surface area contributed by atoms with Gasteiger partial charge in [0.2, 0.25) is 11.8 Å². The Morgan fingerprint density at radius 3 is 2.63 bits per heavy atom. The first kappa shape index (κ1) is 19.0. The number of nitrogens with one attached hydrogen (secondary N) is 1. The molecule has 2 aromatic carbocycles. The molecular weight excluding hydrogens is 414 g/mol. The van der Waals surface area contributed by atoms with Gasteiger partial charge in [0.05, 0.1) is 16.5 Å². The molecule has 1 aliphatic heterocycles. The second kappa shape index (κ2) is 7.48. The zero-order valence-corrected chi connectivity index (χ0v) is 16.4. The third-order valence-corrected chi connectivity index (χ3v) is 5.14. The van der Waals surface area contributed by atoms with E-state index in [1.54, 1.807) is 25.1 Å². The number of benzene rings is 2. The van der Waals surface area contributed by atoms with Crippen LogP contribution in [0.1, 0.15) is 17.5 Å². The van der Waals surface area contributed by atoms with Gasteiger partial charge in [0, 0.05) is 34.8 Å². The molecule has 0 aliphatic carbocycles. The lowest BCUT2D eigenvalue weighted by molar-refractivity contribution is -0.385. The summed E-state index contributed by atoms with van der Waals surface area (Å²) in [6.45, 7) is 3.73. The van der Waals surface area contributed by atoms with Crippen molar-refractivity contribution in [3.63, 3.8) is 0 Å². The minimum Gasteiger partial charge on any atom is -0.326 e. The molecule has 2 aromatic rings. The SMILES string of the molecule is Cc1cc(Br)ccc1NC(=O)[C@H]1CC(=O)N(c2ccc(C)c([N+](=O)[O-])c2)C1. The van der Waals surface area contributed by atoms with Gasteiger partial charge in [-0.05, 0) is 43.7 Å². The highest BCUT2D eigenvalue weighted by Crippen LogP contribution is 2.30. The second-order valence-corrected chi connectivity index (χ2v) is 7.50. The fourth-order valence-electron chi connectivity index (χ4n) is 3.10. The van der Waals surface area contributed by atoms with Crippen molar-refractivity contribution in [1.82, 2.24) is 0 Å². The minimum absolute atomic E-state index is 0.0429. The molecule has 1 heterocycles. The van der Waals surface area contributed by atoms with E-state index in [9.17, 15) is 19.7 Å². The normalized spacial score (nSPS) is 16.5. The fourth-order valence-corrected chi connectivity index (χ4v) is 3.57. The maximum absolute atomic E-state index is 12.6. The number of carbonyl (C=O) groups excluding carboxylic acids is 2. The lowest BCUT2D eigenvalue weighted by atomic mass is 10.1. The minimum atomic E-state index is -0.513. The first-order chi connectivity index (χ1) is 12.8. The first-order valence-corrected chi connectivity index (χ1v) is 9.18. The van der Waals surface area contributed by atoms with Crippen LogP contribution in [0.2, 0.25) is 0 Å². The molecule has 1 atom stereocenters. The van der Waals surface area contributed by atoms with Crippen LogP contribution in [-0.2, 0) is 9.59 Å². The summed E-state index contributed by atoms with van der Waals surface area (Å²) >= 11 is 3.38. The molecule has 27 heavy (non-hydrogen) atoms. The summed E-state index contributed by atoms with van der Waals surface area (Å²) in [4.78, 5) is 37.1. The molecule has 0 bridgehead atoms. The maximum atomic E-state index is 12.6. The number of hydrogen-bond acceptors (Lipinski definition) is 4. The van der Waals surface area contributed by atoms with E-state index >= 15 is 0 Å². The number of aryl methyl sites for hydroxylation is 2. The number of rotatable bonds is 4. The Hall–Kier alpha value is -2.74. The predicted molar refractivity (Wildman–Crippen MR) is 106 cm³/mol. The average molecular weight is 432 g/mol. The number of carbonyl (C=O) groups is 2. The molecule has 2 amide bonds. The summed E-state index contributed by atoms with van der Waals surface area (Å²) in [6, 6.07) is 10.2. The van der Waals surface area contributed by atoms with Crippen LogP contribution in [0.25, 0.3) is 0 Å². The Labute approximate surface area is 164 Å². The standard InChI is InChI=1S/C19H18BrN3O4/c1-11-3-5-15(9-17(11)23(26)27)22-10-13(8-18(22)24)19(25)21-16-6-4-14(20)7-12(16)2/h3-7,9,13H,8,10H2,1-2H3,(H,21,25)/t13-/m0/s1. The smallest absolute Gasteiger partial charge is 0.274 e. The number of anilines is 2. The molecular formula is C19H18BrN3O4. The van der Waals surface area contributed by atoms with Gasteiger partial charge in [0.15, 0.2) is 0 Å². The molecule has 0 unspecified atom stereocenters. The Balaban J connectivity index is 1.76. The third kappa shape index (κ3) is 4.00. The third-order valence-electron chi connectivity index (χ3n) is 4.64. The highest BCUT2D eigenvalue weighted by Gasteiger charge is 2.35. The van der Waals surface area contributed by atoms with Gasteiger partial charge in [0.25, 0.3) is 5.69 Å². The second-order valence-electron chi connectivity index (χ2n) is 6.58. The molecule has 0 spiro atoms. The van der Waals surface area contributed by atoms with Gasteiger partial charge < -0.3 is 10.2 Å². The van der Waals surface area contributed by atoms with Crippen molar-refractivity contribution in [2.75, 3.05) is 16.8 Å². The van der Waals surface area contributed by atoms with Crippen LogP contribution in [0.5, 0.6) is 0 Å². The van der Waals surface area contributed by atoms with Crippen LogP contribution in [-0.4, -0.2) is 23.3 Å². The first-order valence-electron chi connectivity index (χ1n) is 8.38. The van der Waals surface area contributed by atoms with Crippen molar-refractivity contribution in [3.8, 4) is 0 Å². The molecule has 3 rings (SSSR count). The lowest BCUT2D eigenvalue weighted by Crippen LogP contribution is -2.28. The monoisotopic (exact) mass is 431 g/mol. The van der Waals surface area contributed by atoms with Crippen LogP contribution in [0.3, 0.4) is 0 Å². The summed E-state index contributed by atoms with van der Waals surface area (Å²) in [7, 11) is 0. The maximum Gasteiger partial charge on any atom is 0.274 e. The summed E-state index contributed by atoms with van der Waals surface area (Å²) in [5.74, 6) is -0.973. The Kier molecular flexibility index (Phi) is 5.27. The molecule has 0 saturated carbocycles. The predicted octanol–water partition coefficient (Wildman–Crippen LogP) is 3.97. The van der Waals surface area contributed by atoms with E-state index in [-0.39, 0.29) is 30.5 Å². The quantitative estimate of drug-likeness (QED) is 0.585. The summed E-state index contributed by atoms with van der Waals surface area (Å²) < 4.78 is 0.918. The number of halogens is 1. The van der Waals surface area contributed by atoms with E-state index in [4.69, 9.17) is 0 Å². The molecule has 1 saturated heterocycles. The number of amides is 2.